The van der Waals surface area contributed by atoms with Crippen molar-refractivity contribution >= 4 is 11.6 Å². The first kappa shape index (κ1) is 11.3. The Morgan fingerprint density at radius 3 is 2.88 bits per heavy atom. The minimum atomic E-state index is -0.739. The molecule has 1 N–H and O–H groups in total. The van der Waals surface area contributed by atoms with Gasteiger partial charge in [0, 0.05) is 11.6 Å². The number of hydrogen-bond donors (Lipinski definition) is 1. The quantitative estimate of drug-likeness (QED) is 0.614. The molecule has 0 aromatic heterocycles. The highest BCUT2D eigenvalue weighted by Gasteiger charge is 2.23. The van der Waals surface area contributed by atoms with Gasteiger partial charge in [-0.25, -0.2) is 5.06 Å². The van der Waals surface area contributed by atoms with Crippen LogP contribution in [0.25, 0.3) is 0 Å². The van der Waals surface area contributed by atoms with Gasteiger partial charge in [-0.1, -0.05) is 0 Å². The van der Waals surface area contributed by atoms with E-state index in [2.05, 4.69) is 0 Å². The number of nitrogens with zero attached hydrogens (tertiary/aromatic N) is 2. The van der Waals surface area contributed by atoms with E-state index in [0.717, 1.165) is 23.6 Å². The molecule has 7 heteroatoms. The number of carbonyl (C=O) groups is 1. The van der Waals surface area contributed by atoms with Crippen LogP contribution in [0.2, 0.25) is 0 Å². The number of amides is 1. The first-order chi connectivity index (χ1) is 8.09. The van der Waals surface area contributed by atoms with Gasteiger partial charge in [0.25, 0.3) is 5.91 Å². The molecule has 2 rings (SSSR count). The number of nitro groups is 1. The zero-order valence-electron chi connectivity index (χ0n) is 8.83. The summed E-state index contributed by atoms with van der Waals surface area (Å²) in [6.45, 7) is 0.930. The number of rotatable bonds is 2. The van der Waals surface area contributed by atoms with Crippen LogP contribution < -0.4 is 0 Å². The molecular formula is C10H10N2O5. The molecule has 1 amide bonds. The lowest BCUT2D eigenvalue weighted by atomic mass is 10.1. The van der Waals surface area contributed by atoms with Crippen LogP contribution in [-0.4, -0.2) is 34.2 Å². The van der Waals surface area contributed by atoms with Crippen molar-refractivity contribution in [2.24, 2.45) is 0 Å². The first-order valence-electron chi connectivity index (χ1n) is 5.02. The number of nitro benzene ring substituents is 1. The van der Waals surface area contributed by atoms with E-state index in [0.29, 0.717) is 13.2 Å². The SMILES string of the molecule is O=C(c1ccc(O)c([N+](=O)[O-])c1)N1CCCO1. The second-order valence-electron chi connectivity index (χ2n) is 3.55. The van der Waals surface area contributed by atoms with Crippen LogP contribution in [0.3, 0.4) is 0 Å². The molecule has 0 radical (unpaired) electrons. The molecule has 17 heavy (non-hydrogen) atoms. The third-order valence-corrected chi connectivity index (χ3v) is 2.40. The number of phenols is 1. The average molecular weight is 238 g/mol. The van der Waals surface area contributed by atoms with Crippen LogP contribution in [0.5, 0.6) is 5.75 Å². The topological polar surface area (TPSA) is 92.9 Å². The molecule has 1 aromatic carbocycles. The van der Waals surface area contributed by atoms with Crippen LogP contribution >= 0.6 is 0 Å². The first-order valence-corrected chi connectivity index (χ1v) is 5.02. The number of benzene rings is 1. The summed E-state index contributed by atoms with van der Waals surface area (Å²) in [7, 11) is 0. The number of carbonyl (C=O) groups excluding carboxylic acids is 1. The van der Waals surface area contributed by atoms with E-state index < -0.39 is 22.3 Å². The maximum Gasteiger partial charge on any atom is 0.311 e. The number of phenolic OH excluding ortho intramolecular Hbond substituents is 1. The van der Waals surface area contributed by atoms with Crippen LogP contribution in [0.4, 0.5) is 5.69 Å². The fraction of sp³-hybridized carbons (Fsp3) is 0.300. The van der Waals surface area contributed by atoms with Crippen molar-refractivity contribution in [1.82, 2.24) is 5.06 Å². The Morgan fingerprint density at radius 1 is 1.53 bits per heavy atom. The minimum Gasteiger partial charge on any atom is -0.502 e. The van der Waals surface area contributed by atoms with Gasteiger partial charge in [0.05, 0.1) is 18.1 Å². The van der Waals surface area contributed by atoms with E-state index in [4.69, 9.17) is 4.84 Å². The Bertz CT molecular complexity index is 468. The summed E-state index contributed by atoms with van der Waals surface area (Å²) < 4.78 is 0. The maximum absolute atomic E-state index is 11.8. The average Bonchev–Trinajstić information content (AvgIpc) is 2.81. The molecular weight excluding hydrogens is 228 g/mol. The van der Waals surface area contributed by atoms with Gasteiger partial charge in [0.2, 0.25) is 0 Å². The van der Waals surface area contributed by atoms with E-state index in [9.17, 15) is 20.0 Å². The summed E-state index contributed by atoms with van der Waals surface area (Å²) in [5, 5.41) is 21.0. The predicted octanol–water partition coefficient (Wildman–Crippen LogP) is 1.08. The number of hydrogen-bond acceptors (Lipinski definition) is 5. The summed E-state index contributed by atoms with van der Waals surface area (Å²) in [5.74, 6) is -0.903. The fourth-order valence-electron chi connectivity index (χ4n) is 1.55. The Balaban J connectivity index is 2.29. The van der Waals surface area contributed by atoms with Crippen LogP contribution in [0.15, 0.2) is 18.2 Å². The summed E-state index contributed by atoms with van der Waals surface area (Å²) in [6.07, 6.45) is 0.742. The number of aromatic hydroxyl groups is 1. The van der Waals surface area contributed by atoms with Crippen molar-refractivity contribution in [2.45, 2.75) is 6.42 Å². The molecule has 0 spiro atoms. The van der Waals surface area contributed by atoms with Gasteiger partial charge in [-0.2, -0.15) is 0 Å². The minimum absolute atomic E-state index is 0.122. The van der Waals surface area contributed by atoms with Crippen molar-refractivity contribution in [3.05, 3.63) is 33.9 Å². The molecule has 1 fully saturated rings. The lowest BCUT2D eigenvalue weighted by molar-refractivity contribution is -0.385. The lowest BCUT2D eigenvalue weighted by Gasteiger charge is -2.13. The van der Waals surface area contributed by atoms with Crippen LogP contribution in [0.1, 0.15) is 16.8 Å². The van der Waals surface area contributed by atoms with Gasteiger partial charge in [-0.15, -0.1) is 0 Å². The summed E-state index contributed by atoms with van der Waals surface area (Å²) >= 11 is 0. The third-order valence-electron chi connectivity index (χ3n) is 2.40. The van der Waals surface area contributed by atoms with Crippen molar-refractivity contribution < 1.29 is 19.7 Å². The summed E-state index contributed by atoms with van der Waals surface area (Å²) in [6, 6.07) is 3.49. The highest BCUT2D eigenvalue weighted by Crippen LogP contribution is 2.27. The van der Waals surface area contributed by atoms with Gasteiger partial charge < -0.3 is 5.11 Å². The highest BCUT2D eigenvalue weighted by molar-refractivity contribution is 5.94. The molecule has 7 nitrogen and oxygen atoms in total. The third kappa shape index (κ3) is 2.18. The molecule has 1 heterocycles. The Kier molecular flexibility index (Phi) is 2.92. The van der Waals surface area contributed by atoms with Gasteiger partial charge >= 0.3 is 5.69 Å². The molecule has 0 aliphatic carbocycles. The van der Waals surface area contributed by atoms with Crippen LogP contribution in [0, 0.1) is 10.1 Å². The van der Waals surface area contributed by atoms with E-state index in [-0.39, 0.29) is 5.56 Å². The monoisotopic (exact) mass is 238 g/mol. The van der Waals surface area contributed by atoms with E-state index >= 15 is 0 Å². The second-order valence-corrected chi connectivity index (χ2v) is 3.55. The van der Waals surface area contributed by atoms with Crippen molar-refractivity contribution in [1.29, 1.82) is 0 Å². The van der Waals surface area contributed by atoms with Crippen molar-refractivity contribution in [3.8, 4) is 5.75 Å². The van der Waals surface area contributed by atoms with E-state index in [1.165, 1.54) is 6.07 Å². The van der Waals surface area contributed by atoms with E-state index in [1.807, 2.05) is 0 Å². The normalized spacial score (nSPS) is 14.9. The van der Waals surface area contributed by atoms with Crippen molar-refractivity contribution in [2.75, 3.05) is 13.2 Å². The van der Waals surface area contributed by atoms with Crippen molar-refractivity contribution in [3.63, 3.8) is 0 Å². The zero-order chi connectivity index (χ0) is 12.4. The molecule has 90 valence electrons. The van der Waals surface area contributed by atoms with E-state index in [1.54, 1.807) is 0 Å². The van der Waals surface area contributed by atoms with Crippen LogP contribution in [-0.2, 0) is 4.84 Å². The fourth-order valence-corrected chi connectivity index (χ4v) is 1.55. The molecule has 1 aromatic rings. The number of hydroxylamine groups is 2. The molecule has 1 aliphatic heterocycles. The van der Waals surface area contributed by atoms with Gasteiger partial charge in [-0.3, -0.25) is 19.7 Å². The maximum atomic E-state index is 11.8. The molecule has 0 bridgehead atoms. The zero-order valence-corrected chi connectivity index (χ0v) is 8.83. The predicted molar refractivity (Wildman–Crippen MR) is 56.4 cm³/mol. The summed E-state index contributed by atoms with van der Waals surface area (Å²) in [4.78, 5) is 26.7. The molecule has 1 saturated heterocycles. The van der Waals surface area contributed by atoms with Gasteiger partial charge in [-0.05, 0) is 18.6 Å². The molecule has 1 aliphatic rings. The summed E-state index contributed by atoms with van der Waals surface area (Å²) in [5.41, 5.74) is -0.369. The largest absolute Gasteiger partial charge is 0.502 e. The Morgan fingerprint density at radius 2 is 2.29 bits per heavy atom. The standard InChI is InChI=1S/C10H10N2O5/c13-9-3-2-7(6-8(9)12(15)16)10(14)11-4-1-5-17-11/h2-3,6,13H,1,4-5H2. The molecule has 0 atom stereocenters. The Hall–Kier alpha value is -2.15. The highest BCUT2D eigenvalue weighted by atomic mass is 16.7. The smallest absolute Gasteiger partial charge is 0.311 e. The molecule has 0 saturated carbocycles. The van der Waals surface area contributed by atoms with Gasteiger partial charge in [0.1, 0.15) is 0 Å². The lowest BCUT2D eigenvalue weighted by Crippen LogP contribution is -2.26. The van der Waals surface area contributed by atoms with Gasteiger partial charge in [0.15, 0.2) is 5.75 Å². The second kappa shape index (κ2) is 4.38. The molecule has 0 unspecified atom stereocenters. The Labute approximate surface area is 96.3 Å².